The van der Waals surface area contributed by atoms with E-state index in [0.717, 1.165) is 31.5 Å². The Morgan fingerprint density at radius 2 is 1.94 bits per heavy atom. The Morgan fingerprint density at radius 1 is 1.33 bits per heavy atom. The summed E-state index contributed by atoms with van der Waals surface area (Å²) in [6.07, 6.45) is 0. The van der Waals surface area contributed by atoms with E-state index in [1.807, 2.05) is 11.3 Å². The third-order valence-corrected chi connectivity index (χ3v) is 5.03. The van der Waals surface area contributed by atoms with Crippen LogP contribution in [0.25, 0.3) is 0 Å². The van der Waals surface area contributed by atoms with Crippen molar-refractivity contribution in [2.45, 2.75) is 47.2 Å². The summed E-state index contributed by atoms with van der Waals surface area (Å²) in [5.74, 6) is 1.57. The number of nitrogens with zero attached hydrogens (tertiary/aromatic N) is 2. The topological polar surface area (TPSA) is 28.2 Å². The molecule has 0 aliphatic carbocycles. The van der Waals surface area contributed by atoms with Gasteiger partial charge in [0.05, 0.1) is 5.69 Å². The molecule has 18 heavy (non-hydrogen) atoms. The molecule has 0 bridgehead atoms. The molecule has 1 aromatic rings. The van der Waals surface area contributed by atoms with E-state index in [4.69, 9.17) is 4.98 Å². The van der Waals surface area contributed by atoms with E-state index >= 15 is 0 Å². The summed E-state index contributed by atoms with van der Waals surface area (Å²) in [6.45, 7) is 14.4. The van der Waals surface area contributed by atoms with E-state index in [1.165, 1.54) is 15.7 Å². The summed E-state index contributed by atoms with van der Waals surface area (Å²) in [4.78, 5) is 8.57. The Morgan fingerprint density at radius 3 is 2.50 bits per heavy atom. The minimum absolute atomic E-state index is 0.529. The van der Waals surface area contributed by atoms with Crippen molar-refractivity contribution in [3.05, 3.63) is 10.6 Å². The van der Waals surface area contributed by atoms with Gasteiger partial charge in [-0.05, 0) is 18.8 Å². The van der Waals surface area contributed by atoms with Crippen LogP contribution in [-0.2, 0) is 6.54 Å². The number of aromatic nitrogens is 1. The molecule has 1 fully saturated rings. The molecule has 2 unspecified atom stereocenters. The number of rotatable bonds is 4. The van der Waals surface area contributed by atoms with Crippen molar-refractivity contribution in [2.75, 3.05) is 18.0 Å². The van der Waals surface area contributed by atoms with Gasteiger partial charge < -0.3 is 10.2 Å². The lowest BCUT2D eigenvalue weighted by Gasteiger charge is -2.13. The van der Waals surface area contributed by atoms with Gasteiger partial charge in [0.25, 0.3) is 0 Å². The summed E-state index contributed by atoms with van der Waals surface area (Å²) < 4.78 is 0. The van der Waals surface area contributed by atoms with Gasteiger partial charge in [0.2, 0.25) is 0 Å². The lowest BCUT2D eigenvalue weighted by Crippen LogP contribution is -2.21. The lowest BCUT2D eigenvalue weighted by molar-refractivity contribution is 0.494. The minimum atomic E-state index is 0.529. The zero-order valence-corrected chi connectivity index (χ0v) is 13.0. The minimum Gasteiger partial charge on any atom is -0.348 e. The standard InChI is InChI=1S/C14H25N3S/c1-9(2)15-6-13-12(5)16-14(18-13)17-7-10(3)11(4)8-17/h9-11,15H,6-8H2,1-5H3. The summed E-state index contributed by atoms with van der Waals surface area (Å²) in [5, 5.41) is 4.69. The average molecular weight is 267 g/mol. The Balaban J connectivity index is 2.04. The maximum atomic E-state index is 4.74. The summed E-state index contributed by atoms with van der Waals surface area (Å²) >= 11 is 1.86. The highest BCUT2D eigenvalue weighted by Gasteiger charge is 2.28. The SMILES string of the molecule is Cc1nc(N2CC(C)C(C)C2)sc1CNC(C)C. The number of nitrogens with one attached hydrogen (secondary N) is 1. The summed E-state index contributed by atoms with van der Waals surface area (Å²) in [7, 11) is 0. The Labute approximate surface area is 115 Å². The highest BCUT2D eigenvalue weighted by atomic mass is 32.1. The predicted molar refractivity (Wildman–Crippen MR) is 79.4 cm³/mol. The monoisotopic (exact) mass is 267 g/mol. The van der Waals surface area contributed by atoms with Crippen LogP contribution >= 0.6 is 11.3 Å². The molecule has 1 aliphatic rings. The van der Waals surface area contributed by atoms with Crippen molar-refractivity contribution in [1.82, 2.24) is 10.3 Å². The number of anilines is 1. The van der Waals surface area contributed by atoms with E-state index < -0.39 is 0 Å². The second-order valence-electron chi connectivity index (χ2n) is 5.90. The fraction of sp³-hybridized carbons (Fsp3) is 0.786. The average Bonchev–Trinajstić information content (AvgIpc) is 2.81. The second kappa shape index (κ2) is 5.57. The first-order chi connectivity index (χ1) is 8.47. The van der Waals surface area contributed by atoms with Crippen molar-refractivity contribution in [3.63, 3.8) is 0 Å². The maximum Gasteiger partial charge on any atom is 0.185 e. The van der Waals surface area contributed by atoms with E-state index in [2.05, 4.69) is 44.8 Å². The molecule has 1 N–H and O–H groups in total. The van der Waals surface area contributed by atoms with E-state index in [0.29, 0.717) is 6.04 Å². The van der Waals surface area contributed by atoms with E-state index in [-0.39, 0.29) is 0 Å². The number of thiazole rings is 1. The molecule has 0 spiro atoms. The molecule has 0 saturated carbocycles. The van der Waals surface area contributed by atoms with Crippen LogP contribution in [-0.4, -0.2) is 24.1 Å². The van der Waals surface area contributed by atoms with Crippen molar-refractivity contribution >= 4 is 16.5 Å². The molecule has 0 amide bonds. The van der Waals surface area contributed by atoms with Gasteiger partial charge in [-0.2, -0.15) is 0 Å². The molecule has 0 aromatic carbocycles. The normalized spacial score (nSPS) is 24.2. The molecule has 1 aromatic heterocycles. The molecule has 4 heteroatoms. The van der Waals surface area contributed by atoms with Crippen LogP contribution in [0.5, 0.6) is 0 Å². The second-order valence-corrected chi connectivity index (χ2v) is 6.96. The summed E-state index contributed by atoms with van der Waals surface area (Å²) in [6, 6.07) is 0.529. The number of hydrogen-bond acceptors (Lipinski definition) is 4. The highest BCUT2D eigenvalue weighted by Crippen LogP contribution is 2.32. The van der Waals surface area contributed by atoms with Gasteiger partial charge in [0, 0.05) is 30.6 Å². The first-order valence-corrected chi connectivity index (χ1v) is 7.73. The van der Waals surface area contributed by atoms with Gasteiger partial charge in [-0.25, -0.2) is 4.98 Å². The first-order valence-electron chi connectivity index (χ1n) is 6.92. The molecule has 102 valence electrons. The van der Waals surface area contributed by atoms with Crippen LogP contribution in [0.4, 0.5) is 5.13 Å². The highest BCUT2D eigenvalue weighted by molar-refractivity contribution is 7.15. The van der Waals surface area contributed by atoms with Crippen molar-refractivity contribution in [1.29, 1.82) is 0 Å². The fourth-order valence-corrected chi connectivity index (χ4v) is 3.32. The Hall–Kier alpha value is -0.610. The van der Waals surface area contributed by atoms with Gasteiger partial charge in [-0.1, -0.05) is 27.7 Å². The van der Waals surface area contributed by atoms with Crippen LogP contribution in [0.3, 0.4) is 0 Å². The number of hydrogen-bond donors (Lipinski definition) is 1. The van der Waals surface area contributed by atoms with E-state index in [9.17, 15) is 0 Å². The molecule has 3 nitrogen and oxygen atoms in total. The number of aryl methyl sites for hydroxylation is 1. The molecule has 0 radical (unpaired) electrons. The van der Waals surface area contributed by atoms with Crippen LogP contribution in [0.1, 0.15) is 38.3 Å². The third kappa shape index (κ3) is 3.04. The molecule has 2 atom stereocenters. The predicted octanol–water partition coefficient (Wildman–Crippen LogP) is 3.04. The molecule has 2 heterocycles. The first kappa shape index (κ1) is 13.8. The molecule has 1 aliphatic heterocycles. The van der Waals surface area contributed by atoms with Crippen LogP contribution < -0.4 is 10.2 Å². The Kier molecular flexibility index (Phi) is 4.28. The van der Waals surface area contributed by atoms with Crippen LogP contribution in [0.15, 0.2) is 0 Å². The molecular weight excluding hydrogens is 242 g/mol. The van der Waals surface area contributed by atoms with E-state index in [1.54, 1.807) is 0 Å². The van der Waals surface area contributed by atoms with Crippen LogP contribution in [0.2, 0.25) is 0 Å². The largest absolute Gasteiger partial charge is 0.348 e. The third-order valence-electron chi connectivity index (χ3n) is 3.81. The van der Waals surface area contributed by atoms with Crippen LogP contribution in [0, 0.1) is 18.8 Å². The van der Waals surface area contributed by atoms with Gasteiger partial charge in [-0.3, -0.25) is 0 Å². The molecule has 2 rings (SSSR count). The zero-order chi connectivity index (χ0) is 13.3. The maximum absolute atomic E-state index is 4.74. The van der Waals surface area contributed by atoms with Gasteiger partial charge in [0.1, 0.15) is 0 Å². The quantitative estimate of drug-likeness (QED) is 0.909. The van der Waals surface area contributed by atoms with Crippen molar-refractivity contribution < 1.29 is 0 Å². The van der Waals surface area contributed by atoms with Crippen molar-refractivity contribution in [2.24, 2.45) is 11.8 Å². The summed E-state index contributed by atoms with van der Waals surface area (Å²) in [5.41, 5.74) is 1.19. The fourth-order valence-electron chi connectivity index (χ4n) is 2.29. The van der Waals surface area contributed by atoms with Gasteiger partial charge in [0.15, 0.2) is 5.13 Å². The zero-order valence-electron chi connectivity index (χ0n) is 12.2. The van der Waals surface area contributed by atoms with Crippen molar-refractivity contribution in [3.8, 4) is 0 Å². The molecule has 1 saturated heterocycles. The lowest BCUT2D eigenvalue weighted by atomic mass is 10.0. The Bertz CT molecular complexity index is 390. The van der Waals surface area contributed by atoms with Gasteiger partial charge in [-0.15, -0.1) is 11.3 Å². The van der Waals surface area contributed by atoms with Gasteiger partial charge >= 0.3 is 0 Å². The smallest absolute Gasteiger partial charge is 0.185 e. The molecular formula is C14H25N3S.